The first-order chi connectivity index (χ1) is 18.2. The Labute approximate surface area is 226 Å². The largest absolute Gasteiger partial charge is 0.370 e. The molecule has 10 nitrogen and oxygen atoms in total. The summed E-state index contributed by atoms with van der Waals surface area (Å²) in [6, 6.07) is 5.09. The molecule has 1 aromatic heterocycles. The van der Waals surface area contributed by atoms with Crippen LogP contribution in [0.5, 0.6) is 0 Å². The van der Waals surface area contributed by atoms with E-state index in [1.165, 1.54) is 23.1 Å². The molecule has 204 valence electrons. The van der Waals surface area contributed by atoms with Crippen molar-refractivity contribution < 1.29 is 32.7 Å². The predicted octanol–water partition coefficient (Wildman–Crippen LogP) is 3.29. The molecule has 2 aliphatic rings. The molecule has 0 radical (unpaired) electrons. The summed E-state index contributed by atoms with van der Waals surface area (Å²) in [5.74, 6) is -1.66. The van der Waals surface area contributed by atoms with Gasteiger partial charge in [0.2, 0.25) is 5.91 Å². The van der Waals surface area contributed by atoms with Gasteiger partial charge in [0, 0.05) is 30.4 Å². The number of carbonyl (C=O) groups is 4. The number of alkyl halides is 2. The van der Waals surface area contributed by atoms with Gasteiger partial charge >= 0.3 is 6.03 Å². The zero-order valence-corrected chi connectivity index (χ0v) is 21.7. The topological polar surface area (TPSA) is 129 Å². The number of morpholine rings is 1. The first-order valence-electron chi connectivity index (χ1n) is 11.9. The summed E-state index contributed by atoms with van der Waals surface area (Å²) in [5.41, 5.74) is -0.367. The zero-order chi connectivity index (χ0) is 27.2. The van der Waals surface area contributed by atoms with E-state index in [1.54, 1.807) is 6.07 Å². The van der Waals surface area contributed by atoms with Gasteiger partial charge in [0.1, 0.15) is 12.6 Å². The van der Waals surface area contributed by atoms with Gasteiger partial charge in [0.05, 0.1) is 21.5 Å². The fraction of sp³-hybridized carbons (Fsp3) is 0.417. The van der Waals surface area contributed by atoms with Crippen LogP contribution in [0.15, 0.2) is 30.3 Å². The van der Waals surface area contributed by atoms with Crippen LogP contribution < -0.4 is 26.2 Å². The van der Waals surface area contributed by atoms with Crippen LogP contribution in [0.4, 0.5) is 25.0 Å². The maximum absolute atomic E-state index is 13.9. The molecule has 4 N–H and O–H groups in total. The number of rotatable bonds is 9. The number of nitrogens with zero attached hydrogens (tertiary/aromatic N) is 1. The molecule has 5 amide bonds. The summed E-state index contributed by atoms with van der Waals surface area (Å²) >= 11 is 6.93. The molecule has 1 atom stereocenters. The first kappa shape index (κ1) is 27.7. The van der Waals surface area contributed by atoms with Gasteiger partial charge in [-0.05, 0) is 49.6 Å². The Hall–Kier alpha value is -3.29. The van der Waals surface area contributed by atoms with Crippen molar-refractivity contribution in [2.24, 2.45) is 0 Å². The van der Waals surface area contributed by atoms with Crippen LogP contribution in [-0.2, 0) is 14.3 Å². The molecule has 0 unspecified atom stereocenters. The minimum absolute atomic E-state index is 0.00519. The lowest BCUT2D eigenvalue weighted by Gasteiger charge is -2.29. The van der Waals surface area contributed by atoms with Crippen LogP contribution in [0, 0.1) is 0 Å². The first-order valence-corrected chi connectivity index (χ1v) is 13.1. The van der Waals surface area contributed by atoms with Gasteiger partial charge in [-0.2, -0.15) is 0 Å². The third-order valence-electron chi connectivity index (χ3n) is 6.13. The van der Waals surface area contributed by atoms with E-state index < -0.39 is 41.8 Å². The number of amides is 5. The quantitative estimate of drug-likeness (QED) is 0.368. The molecular weight excluding hydrogens is 544 g/mol. The zero-order valence-electron chi connectivity index (χ0n) is 20.1. The lowest BCUT2D eigenvalue weighted by Crippen LogP contribution is -2.55. The standard InChI is InChI=1S/C24H26ClF2N5O5S/c25-19-7-6-18(38-19)23(35)28-11-16(31-24(36)30-13-2-1-3-13)22(34)29-14-4-5-17(15(10-14)21(26)27)32-8-9-37-12-20(32)33/h4-7,10,13,16,21H,1-3,8-9,11-12H2,(H,28,35)(H,29,34)(H2,30,31,36)/t16-/m1/s1. The number of urea groups is 1. The fourth-order valence-corrected chi connectivity index (χ4v) is 4.88. The van der Waals surface area contributed by atoms with Crippen molar-refractivity contribution in [1.82, 2.24) is 16.0 Å². The molecule has 38 heavy (non-hydrogen) atoms. The Kier molecular flexibility index (Phi) is 9.13. The minimum Gasteiger partial charge on any atom is -0.370 e. The van der Waals surface area contributed by atoms with Crippen molar-refractivity contribution in [3.05, 3.63) is 45.1 Å². The highest BCUT2D eigenvalue weighted by molar-refractivity contribution is 7.18. The molecule has 2 aromatic rings. The molecule has 2 heterocycles. The average Bonchev–Trinajstić information content (AvgIpc) is 3.30. The normalized spacial score (nSPS) is 16.5. The van der Waals surface area contributed by atoms with Crippen molar-refractivity contribution in [2.45, 2.75) is 37.8 Å². The van der Waals surface area contributed by atoms with E-state index in [9.17, 15) is 28.0 Å². The van der Waals surface area contributed by atoms with Crippen molar-refractivity contribution in [3.63, 3.8) is 0 Å². The summed E-state index contributed by atoms with van der Waals surface area (Å²) in [4.78, 5) is 51.7. The number of thiophene rings is 1. The van der Waals surface area contributed by atoms with E-state index in [4.69, 9.17) is 16.3 Å². The van der Waals surface area contributed by atoms with Crippen LogP contribution in [0.25, 0.3) is 0 Å². The van der Waals surface area contributed by atoms with Crippen LogP contribution in [0.3, 0.4) is 0 Å². The smallest absolute Gasteiger partial charge is 0.315 e. The van der Waals surface area contributed by atoms with Crippen LogP contribution >= 0.6 is 22.9 Å². The minimum atomic E-state index is -2.92. The Bertz CT molecular complexity index is 1210. The number of benzene rings is 1. The maximum atomic E-state index is 13.9. The number of halogens is 3. The monoisotopic (exact) mass is 569 g/mol. The van der Waals surface area contributed by atoms with Gasteiger partial charge < -0.3 is 30.9 Å². The van der Waals surface area contributed by atoms with E-state index in [0.717, 1.165) is 36.7 Å². The molecule has 1 saturated carbocycles. The lowest BCUT2D eigenvalue weighted by atomic mass is 9.93. The molecule has 0 spiro atoms. The van der Waals surface area contributed by atoms with Gasteiger partial charge in [-0.15, -0.1) is 11.3 Å². The van der Waals surface area contributed by atoms with E-state index in [2.05, 4.69) is 21.3 Å². The SMILES string of the molecule is O=C(NC1CCC1)N[C@H](CNC(=O)c1ccc(Cl)s1)C(=O)Nc1ccc(N2CCOCC2=O)c(C(F)F)c1. The van der Waals surface area contributed by atoms with Crippen molar-refractivity contribution in [3.8, 4) is 0 Å². The molecular formula is C24H26ClF2N5O5S. The second-order valence-corrected chi connectivity index (χ2v) is 10.5. The maximum Gasteiger partial charge on any atom is 0.315 e. The van der Waals surface area contributed by atoms with E-state index in [-0.39, 0.29) is 43.7 Å². The Morgan fingerprint density at radius 2 is 1.97 bits per heavy atom. The number of carbonyl (C=O) groups excluding carboxylic acids is 4. The molecule has 1 aliphatic heterocycles. The van der Waals surface area contributed by atoms with Crippen molar-refractivity contribution >= 4 is 58.1 Å². The fourth-order valence-electron chi connectivity index (χ4n) is 3.92. The van der Waals surface area contributed by atoms with Crippen LogP contribution in [0.1, 0.15) is 40.9 Å². The number of nitrogens with one attached hydrogen (secondary N) is 4. The summed E-state index contributed by atoms with van der Waals surface area (Å²) in [7, 11) is 0. The van der Waals surface area contributed by atoms with Crippen molar-refractivity contribution in [1.29, 1.82) is 0 Å². The molecule has 14 heteroatoms. The average molecular weight is 570 g/mol. The Balaban J connectivity index is 1.47. The Morgan fingerprint density at radius 1 is 1.18 bits per heavy atom. The second-order valence-electron chi connectivity index (χ2n) is 8.77. The third-order valence-corrected chi connectivity index (χ3v) is 7.36. The number of ether oxygens (including phenoxy) is 1. The van der Waals surface area contributed by atoms with E-state index >= 15 is 0 Å². The summed E-state index contributed by atoms with van der Waals surface area (Å²) < 4.78 is 33.3. The molecule has 1 saturated heterocycles. The highest BCUT2D eigenvalue weighted by atomic mass is 35.5. The highest BCUT2D eigenvalue weighted by Gasteiger charge is 2.28. The van der Waals surface area contributed by atoms with Crippen LogP contribution in [0.2, 0.25) is 4.34 Å². The third kappa shape index (κ3) is 6.97. The predicted molar refractivity (Wildman–Crippen MR) is 138 cm³/mol. The van der Waals surface area contributed by atoms with E-state index in [0.29, 0.717) is 9.21 Å². The van der Waals surface area contributed by atoms with Gasteiger partial charge in [-0.25, -0.2) is 13.6 Å². The molecule has 1 aromatic carbocycles. The van der Waals surface area contributed by atoms with Gasteiger partial charge in [0.15, 0.2) is 0 Å². The molecule has 2 fully saturated rings. The Morgan fingerprint density at radius 3 is 2.61 bits per heavy atom. The highest BCUT2D eigenvalue weighted by Crippen LogP contribution is 2.33. The van der Waals surface area contributed by atoms with Crippen LogP contribution in [-0.4, -0.2) is 62.1 Å². The number of hydrogen-bond donors (Lipinski definition) is 4. The van der Waals surface area contributed by atoms with Crippen molar-refractivity contribution in [2.75, 3.05) is 36.5 Å². The van der Waals surface area contributed by atoms with Gasteiger partial charge in [-0.3, -0.25) is 14.4 Å². The lowest BCUT2D eigenvalue weighted by molar-refractivity contribution is -0.125. The van der Waals surface area contributed by atoms with E-state index in [1.807, 2.05) is 0 Å². The summed E-state index contributed by atoms with van der Waals surface area (Å²) in [6.45, 7) is -0.130. The summed E-state index contributed by atoms with van der Waals surface area (Å²) in [5, 5.41) is 10.4. The van der Waals surface area contributed by atoms with Gasteiger partial charge in [-0.1, -0.05) is 11.6 Å². The summed E-state index contributed by atoms with van der Waals surface area (Å²) in [6.07, 6.45) is -0.271. The second kappa shape index (κ2) is 12.5. The molecule has 0 bridgehead atoms. The van der Waals surface area contributed by atoms with Gasteiger partial charge in [0.25, 0.3) is 18.2 Å². The molecule has 1 aliphatic carbocycles. The molecule has 4 rings (SSSR count). The number of anilines is 2. The number of hydrogen-bond acceptors (Lipinski definition) is 6.